The van der Waals surface area contributed by atoms with Crippen molar-refractivity contribution in [2.75, 3.05) is 5.73 Å². The van der Waals surface area contributed by atoms with Crippen molar-refractivity contribution in [1.82, 2.24) is 0 Å². The van der Waals surface area contributed by atoms with Crippen molar-refractivity contribution >= 4 is 27.4 Å². The summed E-state index contributed by atoms with van der Waals surface area (Å²) in [6.07, 6.45) is 0. The number of carbonyl (C=O) groups excluding carboxylic acids is 1. The highest BCUT2D eigenvalue weighted by Crippen LogP contribution is 2.18. The quantitative estimate of drug-likeness (QED) is 0.681. The molecular formula is C13H9BrFNO. The molecule has 0 saturated heterocycles. The zero-order valence-corrected chi connectivity index (χ0v) is 10.4. The highest BCUT2D eigenvalue weighted by atomic mass is 79.9. The summed E-state index contributed by atoms with van der Waals surface area (Å²) in [5.74, 6) is -0.892. The van der Waals surface area contributed by atoms with E-state index in [4.69, 9.17) is 5.73 Å². The van der Waals surface area contributed by atoms with Gasteiger partial charge >= 0.3 is 0 Å². The second kappa shape index (κ2) is 4.67. The first-order valence-corrected chi connectivity index (χ1v) is 5.72. The third kappa shape index (κ3) is 2.53. The minimum Gasteiger partial charge on any atom is -0.399 e. The van der Waals surface area contributed by atoms with Crippen molar-refractivity contribution in [2.45, 2.75) is 0 Å². The fraction of sp³-hybridized carbons (Fsp3) is 0. The predicted molar refractivity (Wildman–Crippen MR) is 68.4 cm³/mol. The van der Waals surface area contributed by atoms with E-state index < -0.39 is 5.82 Å². The summed E-state index contributed by atoms with van der Waals surface area (Å²) in [6, 6.07) is 10.8. The summed E-state index contributed by atoms with van der Waals surface area (Å²) in [4.78, 5) is 12.0. The number of anilines is 1. The van der Waals surface area contributed by atoms with E-state index in [2.05, 4.69) is 15.9 Å². The third-order valence-corrected chi connectivity index (χ3v) is 2.84. The standard InChI is InChI=1S/C13H9BrFNO/c14-9-3-6-11(12(15)7-9)13(17)8-1-4-10(16)5-2-8/h1-7H,16H2. The lowest BCUT2D eigenvalue weighted by molar-refractivity contribution is 0.103. The Labute approximate surface area is 106 Å². The maximum atomic E-state index is 13.6. The number of nitrogens with two attached hydrogens (primary N) is 1. The predicted octanol–water partition coefficient (Wildman–Crippen LogP) is 3.40. The fourth-order valence-electron chi connectivity index (χ4n) is 1.46. The largest absolute Gasteiger partial charge is 0.399 e. The highest BCUT2D eigenvalue weighted by Gasteiger charge is 2.13. The molecule has 86 valence electrons. The van der Waals surface area contributed by atoms with Crippen LogP contribution >= 0.6 is 15.9 Å². The Kier molecular flexibility index (Phi) is 3.24. The molecule has 0 spiro atoms. The van der Waals surface area contributed by atoms with Crippen LogP contribution in [0.1, 0.15) is 15.9 Å². The molecule has 2 aromatic rings. The average molecular weight is 294 g/mol. The first kappa shape index (κ1) is 11.8. The van der Waals surface area contributed by atoms with Gasteiger partial charge in [0.2, 0.25) is 0 Å². The van der Waals surface area contributed by atoms with E-state index in [0.29, 0.717) is 15.7 Å². The highest BCUT2D eigenvalue weighted by molar-refractivity contribution is 9.10. The Morgan fingerprint density at radius 3 is 2.35 bits per heavy atom. The van der Waals surface area contributed by atoms with Gasteiger partial charge in [-0.25, -0.2) is 4.39 Å². The minimum absolute atomic E-state index is 0.0537. The van der Waals surface area contributed by atoms with Crippen LogP contribution in [-0.2, 0) is 0 Å². The summed E-state index contributed by atoms with van der Waals surface area (Å²) in [5.41, 5.74) is 6.56. The van der Waals surface area contributed by atoms with E-state index in [-0.39, 0.29) is 11.3 Å². The van der Waals surface area contributed by atoms with Crippen LogP contribution in [0, 0.1) is 5.82 Å². The molecule has 0 aliphatic rings. The number of benzene rings is 2. The molecule has 0 fully saturated rings. The summed E-state index contributed by atoms with van der Waals surface area (Å²) in [7, 11) is 0. The molecule has 2 rings (SSSR count). The molecule has 0 atom stereocenters. The molecule has 0 bridgehead atoms. The maximum absolute atomic E-state index is 13.6. The molecule has 0 aliphatic heterocycles. The van der Waals surface area contributed by atoms with Crippen molar-refractivity contribution in [1.29, 1.82) is 0 Å². The third-order valence-electron chi connectivity index (χ3n) is 2.35. The maximum Gasteiger partial charge on any atom is 0.195 e. The number of nitrogen functional groups attached to an aromatic ring is 1. The minimum atomic E-state index is -0.541. The van der Waals surface area contributed by atoms with Crippen LogP contribution in [0.15, 0.2) is 46.9 Å². The zero-order valence-electron chi connectivity index (χ0n) is 8.78. The van der Waals surface area contributed by atoms with E-state index in [1.54, 1.807) is 30.3 Å². The SMILES string of the molecule is Nc1ccc(C(=O)c2ccc(Br)cc2F)cc1. The molecule has 2 N–H and O–H groups in total. The van der Waals surface area contributed by atoms with Gasteiger partial charge in [-0.05, 0) is 42.5 Å². The molecule has 0 saturated carbocycles. The molecule has 0 aliphatic carbocycles. The van der Waals surface area contributed by atoms with E-state index in [9.17, 15) is 9.18 Å². The summed E-state index contributed by atoms with van der Waals surface area (Å²) < 4.78 is 14.2. The number of carbonyl (C=O) groups is 1. The lowest BCUT2D eigenvalue weighted by Crippen LogP contribution is -2.04. The molecule has 0 heterocycles. The lowest BCUT2D eigenvalue weighted by Gasteiger charge is -2.03. The van der Waals surface area contributed by atoms with Gasteiger partial charge in [0.05, 0.1) is 5.56 Å². The normalized spacial score (nSPS) is 10.2. The molecule has 2 nitrogen and oxygen atoms in total. The molecule has 2 aromatic carbocycles. The Balaban J connectivity index is 2.40. The van der Waals surface area contributed by atoms with Gasteiger partial charge in [-0.15, -0.1) is 0 Å². The van der Waals surface area contributed by atoms with Crippen LogP contribution < -0.4 is 5.73 Å². The van der Waals surface area contributed by atoms with Gasteiger partial charge in [0.15, 0.2) is 5.78 Å². The molecule has 17 heavy (non-hydrogen) atoms. The van der Waals surface area contributed by atoms with Crippen molar-refractivity contribution in [3.63, 3.8) is 0 Å². The molecule has 4 heteroatoms. The number of hydrogen-bond donors (Lipinski definition) is 1. The van der Waals surface area contributed by atoms with Crippen LogP contribution in [-0.4, -0.2) is 5.78 Å². The van der Waals surface area contributed by atoms with Crippen molar-refractivity contribution < 1.29 is 9.18 Å². The Morgan fingerprint density at radius 2 is 1.76 bits per heavy atom. The van der Waals surface area contributed by atoms with Crippen LogP contribution in [0.4, 0.5) is 10.1 Å². The second-order valence-corrected chi connectivity index (χ2v) is 4.49. The second-order valence-electron chi connectivity index (χ2n) is 3.58. The summed E-state index contributed by atoms with van der Waals surface area (Å²) >= 11 is 3.14. The van der Waals surface area contributed by atoms with Gasteiger partial charge < -0.3 is 5.73 Å². The van der Waals surface area contributed by atoms with Gasteiger partial charge in [0.1, 0.15) is 5.82 Å². The topological polar surface area (TPSA) is 43.1 Å². The van der Waals surface area contributed by atoms with Crippen molar-refractivity contribution in [2.24, 2.45) is 0 Å². The molecule has 0 aromatic heterocycles. The molecule has 0 unspecified atom stereocenters. The van der Waals surface area contributed by atoms with Crippen LogP contribution in [0.2, 0.25) is 0 Å². The first-order valence-electron chi connectivity index (χ1n) is 4.93. The summed E-state index contributed by atoms with van der Waals surface area (Å²) in [5, 5.41) is 0. The molecule has 0 amide bonds. The van der Waals surface area contributed by atoms with E-state index in [1.807, 2.05) is 0 Å². The van der Waals surface area contributed by atoms with Gasteiger partial charge in [-0.1, -0.05) is 15.9 Å². The smallest absolute Gasteiger partial charge is 0.195 e. The van der Waals surface area contributed by atoms with E-state index >= 15 is 0 Å². The van der Waals surface area contributed by atoms with Gasteiger partial charge in [0, 0.05) is 15.7 Å². The Hall–Kier alpha value is -1.68. The van der Waals surface area contributed by atoms with Gasteiger partial charge in [-0.2, -0.15) is 0 Å². The monoisotopic (exact) mass is 293 g/mol. The number of rotatable bonds is 2. The first-order chi connectivity index (χ1) is 8.08. The number of hydrogen-bond acceptors (Lipinski definition) is 2. The summed E-state index contributed by atoms with van der Waals surface area (Å²) in [6.45, 7) is 0. The zero-order chi connectivity index (χ0) is 12.4. The van der Waals surface area contributed by atoms with Gasteiger partial charge in [0.25, 0.3) is 0 Å². The molecular weight excluding hydrogens is 285 g/mol. The van der Waals surface area contributed by atoms with Crippen LogP contribution in [0.5, 0.6) is 0 Å². The van der Waals surface area contributed by atoms with E-state index in [0.717, 1.165) is 0 Å². The van der Waals surface area contributed by atoms with Crippen molar-refractivity contribution in [3.8, 4) is 0 Å². The number of ketones is 1. The number of halogens is 2. The average Bonchev–Trinajstić information content (AvgIpc) is 2.29. The van der Waals surface area contributed by atoms with Gasteiger partial charge in [-0.3, -0.25) is 4.79 Å². The lowest BCUT2D eigenvalue weighted by atomic mass is 10.0. The van der Waals surface area contributed by atoms with E-state index in [1.165, 1.54) is 12.1 Å². The Bertz CT molecular complexity index is 566. The van der Waals surface area contributed by atoms with Crippen molar-refractivity contribution in [3.05, 3.63) is 63.9 Å². The Morgan fingerprint density at radius 1 is 1.12 bits per heavy atom. The fourth-order valence-corrected chi connectivity index (χ4v) is 1.80. The molecule has 0 radical (unpaired) electrons. The van der Waals surface area contributed by atoms with Crippen LogP contribution in [0.3, 0.4) is 0 Å². The van der Waals surface area contributed by atoms with Crippen LogP contribution in [0.25, 0.3) is 0 Å².